The van der Waals surface area contributed by atoms with Crippen LogP contribution < -0.4 is 5.32 Å². The van der Waals surface area contributed by atoms with E-state index in [1.165, 1.54) is 34.4 Å². The predicted molar refractivity (Wildman–Crippen MR) is 75.7 cm³/mol. The molecule has 0 radical (unpaired) electrons. The third-order valence-corrected chi connectivity index (χ3v) is 4.59. The number of aromatic amines is 1. The number of hydrogen-bond acceptors (Lipinski definition) is 2. The number of H-pyrrole nitrogens is 1. The zero-order valence-corrected chi connectivity index (χ0v) is 10.7. The Kier molecular flexibility index (Phi) is 3.39. The monoisotopic (exact) mass is 246 g/mol. The van der Waals surface area contributed by atoms with Gasteiger partial charge in [-0.25, -0.2) is 0 Å². The van der Waals surface area contributed by atoms with E-state index in [-0.39, 0.29) is 0 Å². The van der Waals surface area contributed by atoms with Crippen molar-refractivity contribution in [3.63, 3.8) is 0 Å². The Bertz CT molecular complexity index is 486. The van der Waals surface area contributed by atoms with Crippen LogP contribution in [-0.4, -0.2) is 29.1 Å². The molecule has 1 aromatic heterocycles. The third-order valence-electron chi connectivity index (χ3n) is 3.43. The van der Waals surface area contributed by atoms with Gasteiger partial charge in [0, 0.05) is 28.9 Å². The molecule has 2 nitrogen and oxygen atoms in total. The molecule has 3 heteroatoms. The highest BCUT2D eigenvalue weighted by Gasteiger charge is 2.14. The average molecular weight is 246 g/mol. The summed E-state index contributed by atoms with van der Waals surface area (Å²) in [6.07, 6.45) is 4.60. The van der Waals surface area contributed by atoms with Crippen LogP contribution in [0.3, 0.4) is 0 Å². The van der Waals surface area contributed by atoms with Gasteiger partial charge in [-0.3, -0.25) is 0 Å². The van der Waals surface area contributed by atoms with Crippen molar-refractivity contribution in [3.05, 3.63) is 36.0 Å². The van der Waals surface area contributed by atoms with Crippen molar-refractivity contribution in [1.82, 2.24) is 10.3 Å². The van der Waals surface area contributed by atoms with Crippen molar-refractivity contribution in [3.8, 4) is 0 Å². The number of para-hydroxylation sites is 1. The molecule has 1 saturated heterocycles. The molecule has 90 valence electrons. The fraction of sp³-hybridized carbons (Fsp3) is 0.429. The van der Waals surface area contributed by atoms with Gasteiger partial charge in [0.1, 0.15) is 0 Å². The van der Waals surface area contributed by atoms with E-state index in [1.807, 2.05) is 0 Å². The number of fused-ring (bicyclic) bond motifs is 1. The Morgan fingerprint density at radius 3 is 3.18 bits per heavy atom. The molecule has 2 heterocycles. The highest BCUT2D eigenvalue weighted by atomic mass is 32.2. The van der Waals surface area contributed by atoms with Gasteiger partial charge < -0.3 is 10.3 Å². The van der Waals surface area contributed by atoms with Crippen LogP contribution >= 0.6 is 11.8 Å². The molecule has 0 amide bonds. The van der Waals surface area contributed by atoms with Gasteiger partial charge in [-0.05, 0) is 36.8 Å². The Labute approximate surface area is 106 Å². The van der Waals surface area contributed by atoms with E-state index in [9.17, 15) is 0 Å². The highest BCUT2D eigenvalue weighted by molar-refractivity contribution is 7.99. The van der Waals surface area contributed by atoms with Crippen LogP contribution in [0.1, 0.15) is 12.0 Å². The first kappa shape index (κ1) is 11.2. The molecule has 1 aliphatic heterocycles. The standard InChI is InChI=1S/C14H18N2S/c1-2-4-14-13(3-1)11(9-16-14)5-7-15-12-6-8-17-10-12/h1-4,9,12,15-16H,5-8,10H2. The molecular weight excluding hydrogens is 228 g/mol. The molecule has 2 aromatic rings. The first-order valence-electron chi connectivity index (χ1n) is 6.29. The van der Waals surface area contributed by atoms with Crippen LogP contribution in [0.4, 0.5) is 0 Å². The lowest BCUT2D eigenvalue weighted by Crippen LogP contribution is -2.30. The van der Waals surface area contributed by atoms with Gasteiger partial charge in [0.15, 0.2) is 0 Å². The fourth-order valence-electron chi connectivity index (χ4n) is 2.44. The smallest absolute Gasteiger partial charge is 0.0456 e. The highest BCUT2D eigenvalue weighted by Crippen LogP contribution is 2.19. The quantitative estimate of drug-likeness (QED) is 0.868. The predicted octanol–water partition coefficient (Wildman–Crippen LogP) is 2.81. The molecule has 0 aliphatic carbocycles. The summed E-state index contributed by atoms with van der Waals surface area (Å²) in [6.45, 7) is 1.09. The lowest BCUT2D eigenvalue weighted by atomic mass is 10.1. The van der Waals surface area contributed by atoms with Crippen LogP contribution in [0, 0.1) is 0 Å². The molecule has 0 bridgehead atoms. The van der Waals surface area contributed by atoms with E-state index in [0.717, 1.165) is 19.0 Å². The maximum absolute atomic E-state index is 3.65. The summed E-state index contributed by atoms with van der Waals surface area (Å²) in [5, 5.41) is 5.02. The third kappa shape index (κ3) is 2.50. The zero-order chi connectivity index (χ0) is 11.5. The van der Waals surface area contributed by atoms with Crippen LogP contribution in [0.5, 0.6) is 0 Å². The van der Waals surface area contributed by atoms with E-state index in [0.29, 0.717) is 0 Å². The Hall–Kier alpha value is -0.930. The summed E-state index contributed by atoms with van der Waals surface area (Å²) in [5.41, 5.74) is 2.68. The van der Waals surface area contributed by atoms with Crippen LogP contribution in [-0.2, 0) is 6.42 Å². The van der Waals surface area contributed by atoms with Gasteiger partial charge in [0.25, 0.3) is 0 Å². The summed E-state index contributed by atoms with van der Waals surface area (Å²) in [5.74, 6) is 2.61. The number of nitrogens with one attached hydrogen (secondary N) is 2. The minimum atomic E-state index is 0.741. The van der Waals surface area contributed by atoms with Gasteiger partial charge in [-0.2, -0.15) is 11.8 Å². The number of rotatable bonds is 4. The van der Waals surface area contributed by atoms with E-state index in [2.05, 4.69) is 52.5 Å². The largest absolute Gasteiger partial charge is 0.361 e. The molecule has 17 heavy (non-hydrogen) atoms. The molecule has 1 unspecified atom stereocenters. The lowest BCUT2D eigenvalue weighted by molar-refractivity contribution is 0.561. The molecule has 1 aliphatic rings. The van der Waals surface area contributed by atoms with Gasteiger partial charge in [-0.15, -0.1) is 0 Å². The molecule has 0 saturated carbocycles. The topological polar surface area (TPSA) is 27.8 Å². The second-order valence-electron chi connectivity index (χ2n) is 4.62. The van der Waals surface area contributed by atoms with E-state index >= 15 is 0 Å². The minimum absolute atomic E-state index is 0.741. The number of benzene rings is 1. The van der Waals surface area contributed by atoms with Gasteiger partial charge in [0.2, 0.25) is 0 Å². The van der Waals surface area contributed by atoms with Gasteiger partial charge >= 0.3 is 0 Å². The second kappa shape index (κ2) is 5.15. The van der Waals surface area contributed by atoms with Crippen molar-refractivity contribution in [2.45, 2.75) is 18.9 Å². The van der Waals surface area contributed by atoms with E-state index in [4.69, 9.17) is 0 Å². The Morgan fingerprint density at radius 2 is 2.29 bits per heavy atom. The van der Waals surface area contributed by atoms with Crippen molar-refractivity contribution < 1.29 is 0 Å². The van der Waals surface area contributed by atoms with Crippen molar-refractivity contribution in [2.24, 2.45) is 0 Å². The fourth-order valence-corrected chi connectivity index (χ4v) is 3.63. The number of hydrogen-bond donors (Lipinski definition) is 2. The molecule has 3 rings (SSSR count). The second-order valence-corrected chi connectivity index (χ2v) is 5.77. The zero-order valence-electron chi connectivity index (χ0n) is 9.91. The molecule has 1 aromatic carbocycles. The SMILES string of the molecule is c1ccc2c(CCNC3CCSC3)c[nH]c2c1. The molecule has 1 fully saturated rings. The molecular formula is C14H18N2S. The van der Waals surface area contributed by atoms with E-state index in [1.54, 1.807) is 0 Å². The average Bonchev–Trinajstić information content (AvgIpc) is 2.99. The molecule has 2 N–H and O–H groups in total. The molecule has 1 atom stereocenters. The van der Waals surface area contributed by atoms with E-state index < -0.39 is 0 Å². The summed E-state index contributed by atoms with van der Waals surface area (Å²) in [4.78, 5) is 3.33. The number of aromatic nitrogens is 1. The molecule has 0 spiro atoms. The first-order chi connectivity index (χ1) is 8.43. The maximum Gasteiger partial charge on any atom is 0.0456 e. The summed E-state index contributed by atoms with van der Waals surface area (Å²) in [7, 11) is 0. The summed E-state index contributed by atoms with van der Waals surface area (Å²) < 4.78 is 0. The van der Waals surface area contributed by atoms with Crippen LogP contribution in [0.15, 0.2) is 30.5 Å². The van der Waals surface area contributed by atoms with Gasteiger partial charge in [-0.1, -0.05) is 18.2 Å². The normalized spacial score (nSPS) is 20.1. The van der Waals surface area contributed by atoms with Crippen molar-refractivity contribution in [1.29, 1.82) is 0 Å². The maximum atomic E-state index is 3.65. The van der Waals surface area contributed by atoms with Crippen molar-refractivity contribution in [2.75, 3.05) is 18.1 Å². The summed E-state index contributed by atoms with van der Waals surface area (Å²) >= 11 is 2.06. The Balaban J connectivity index is 1.60. The van der Waals surface area contributed by atoms with Crippen LogP contribution in [0.25, 0.3) is 10.9 Å². The number of thioether (sulfide) groups is 1. The van der Waals surface area contributed by atoms with Gasteiger partial charge in [0.05, 0.1) is 0 Å². The van der Waals surface area contributed by atoms with Crippen LogP contribution in [0.2, 0.25) is 0 Å². The van der Waals surface area contributed by atoms with Crippen molar-refractivity contribution >= 4 is 22.7 Å². The summed E-state index contributed by atoms with van der Waals surface area (Å²) in [6, 6.07) is 9.27. The lowest BCUT2D eigenvalue weighted by Gasteiger charge is -2.10. The first-order valence-corrected chi connectivity index (χ1v) is 7.45. The Morgan fingerprint density at radius 1 is 1.35 bits per heavy atom. The minimum Gasteiger partial charge on any atom is -0.361 e.